The minimum Gasteiger partial charge on any atom is -0.0967 e. The van der Waals surface area contributed by atoms with Gasteiger partial charge in [0.05, 0.1) is 0 Å². The number of benzene rings is 1. The lowest BCUT2D eigenvalue weighted by molar-refractivity contribution is 1.24. The van der Waals surface area contributed by atoms with Gasteiger partial charge in [0.25, 0.3) is 14.1 Å². The van der Waals surface area contributed by atoms with Gasteiger partial charge in [-0.3, -0.25) is 0 Å². The van der Waals surface area contributed by atoms with Crippen LogP contribution in [0.2, 0.25) is 15.8 Å². The molecule has 0 fully saturated rings. The summed E-state index contributed by atoms with van der Waals surface area (Å²) in [4.78, 5) is 0. The minimum atomic E-state index is -0.171. The van der Waals surface area contributed by atoms with E-state index in [-0.39, 0.29) is 14.1 Å². The Balaban J connectivity index is 0.000000325. The lowest BCUT2D eigenvalue weighted by atomic mass is 10.0. The SMILES string of the molecule is C[CH2][Al]([CH2]C)[CH2]C.Cc1cc(C)c(C)cc1C. The second-order valence-corrected chi connectivity index (χ2v) is 9.29. The van der Waals surface area contributed by atoms with Crippen LogP contribution in [0.25, 0.3) is 0 Å². The van der Waals surface area contributed by atoms with Crippen LogP contribution < -0.4 is 0 Å². The van der Waals surface area contributed by atoms with E-state index in [1.165, 1.54) is 38.1 Å². The molecule has 0 aliphatic carbocycles. The first-order valence-electron chi connectivity index (χ1n) is 7.00. The predicted octanol–water partition coefficient (Wildman–Crippen LogP) is 5.46. The van der Waals surface area contributed by atoms with Crippen molar-refractivity contribution in [3.63, 3.8) is 0 Å². The zero-order valence-electron chi connectivity index (χ0n) is 12.9. The quantitative estimate of drug-likeness (QED) is 0.623. The second-order valence-electron chi connectivity index (χ2n) is 5.11. The van der Waals surface area contributed by atoms with Crippen molar-refractivity contribution in [1.29, 1.82) is 0 Å². The molecule has 0 unspecified atom stereocenters. The summed E-state index contributed by atoms with van der Waals surface area (Å²) < 4.78 is 0. The van der Waals surface area contributed by atoms with Gasteiger partial charge in [-0.25, -0.2) is 0 Å². The van der Waals surface area contributed by atoms with Crippen molar-refractivity contribution in [3.05, 3.63) is 34.4 Å². The Labute approximate surface area is 113 Å². The van der Waals surface area contributed by atoms with E-state index in [2.05, 4.69) is 60.6 Å². The van der Waals surface area contributed by atoms with Crippen molar-refractivity contribution in [1.82, 2.24) is 0 Å². The van der Waals surface area contributed by atoms with Gasteiger partial charge in [-0.2, -0.15) is 0 Å². The third-order valence-electron chi connectivity index (χ3n) is 3.84. The molecule has 1 rings (SSSR count). The maximum Gasteiger partial charge on any atom is 0.261 e. The summed E-state index contributed by atoms with van der Waals surface area (Å²) in [5.41, 5.74) is 5.57. The average Bonchev–Trinajstić information content (AvgIpc) is 2.30. The molecule has 0 aromatic heterocycles. The molecule has 0 spiro atoms. The summed E-state index contributed by atoms with van der Waals surface area (Å²) in [5.74, 6) is 0. The predicted molar refractivity (Wildman–Crippen MR) is 82.6 cm³/mol. The van der Waals surface area contributed by atoms with E-state index in [0.29, 0.717) is 0 Å². The van der Waals surface area contributed by atoms with Crippen molar-refractivity contribution in [2.24, 2.45) is 0 Å². The maximum atomic E-state index is 2.32. The van der Waals surface area contributed by atoms with Crippen LogP contribution in [-0.2, 0) is 0 Å². The highest BCUT2D eigenvalue weighted by atomic mass is 27.2. The highest BCUT2D eigenvalue weighted by Gasteiger charge is 2.05. The van der Waals surface area contributed by atoms with Gasteiger partial charge in [-0.05, 0) is 49.9 Å². The molecule has 0 bridgehead atoms. The lowest BCUT2D eigenvalue weighted by Crippen LogP contribution is -2.04. The molecule has 1 heteroatoms. The second kappa shape index (κ2) is 8.79. The van der Waals surface area contributed by atoms with Crippen molar-refractivity contribution in [3.8, 4) is 0 Å². The van der Waals surface area contributed by atoms with Gasteiger partial charge in [0.1, 0.15) is 0 Å². The largest absolute Gasteiger partial charge is 0.261 e. The molecular weight excluding hydrogens is 219 g/mol. The fraction of sp³-hybridized carbons (Fsp3) is 0.625. The van der Waals surface area contributed by atoms with E-state index in [4.69, 9.17) is 0 Å². The Morgan fingerprint density at radius 1 is 0.647 bits per heavy atom. The van der Waals surface area contributed by atoms with Gasteiger partial charge in [-0.15, -0.1) is 0 Å². The average molecular weight is 248 g/mol. The van der Waals surface area contributed by atoms with E-state index < -0.39 is 0 Å². The van der Waals surface area contributed by atoms with Crippen LogP contribution >= 0.6 is 0 Å². The van der Waals surface area contributed by atoms with Crippen LogP contribution in [0.15, 0.2) is 12.1 Å². The van der Waals surface area contributed by atoms with Crippen LogP contribution in [0.5, 0.6) is 0 Å². The smallest absolute Gasteiger partial charge is 0.0967 e. The van der Waals surface area contributed by atoms with E-state index in [0.717, 1.165) is 0 Å². The molecule has 0 heterocycles. The number of rotatable bonds is 3. The minimum absolute atomic E-state index is 0.171. The number of aryl methyl sites for hydroxylation is 4. The Hall–Kier alpha value is -0.248. The first-order valence-corrected chi connectivity index (χ1v) is 9.45. The molecule has 0 aliphatic heterocycles. The number of hydrogen-bond acceptors (Lipinski definition) is 0. The van der Waals surface area contributed by atoms with E-state index >= 15 is 0 Å². The topological polar surface area (TPSA) is 0 Å². The van der Waals surface area contributed by atoms with Crippen molar-refractivity contribution in [2.45, 2.75) is 64.3 Å². The van der Waals surface area contributed by atoms with Crippen LogP contribution in [-0.4, -0.2) is 14.1 Å². The van der Waals surface area contributed by atoms with E-state index in [1.807, 2.05) is 0 Å². The summed E-state index contributed by atoms with van der Waals surface area (Å²) in [6, 6.07) is 4.48. The summed E-state index contributed by atoms with van der Waals surface area (Å²) in [6.45, 7) is 15.6. The summed E-state index contributed by atoms with van der Waals surface area (Å²) >= 11 is -0.171. The zero-order chi connectivity index (χ0) is 13.4. The van der Waals surface area contributed by atoms with Gasteiger partial charge < -0.3 is 0 Å². The third-order valence-corrected chi connectivity index (χ3v) is 7.31. The van der Waals surface area contributed by atoms with Crippen LogP contribution in [0, 0.1) is 27.7 Å². The van der Waals surface area contributed by atoms with Gasteiger partial charge in [0.15, 0.2) is 0 Å². The van der Waals surface area contributed by atoms with Crippen molar-refractivity contribution < 1.29 is 0 Å². The normalized spacial score (nSPS) is 9.59. The van der Waals surface area contributed by atoms with Gasteiger partial charge in [0, 0.05) is 0 Å². The van der Waals surface area contributed by atoms with Crippen LogP contribution in [0.4, 0.5) is 0 Å². The molecule has 0 nitrogen and oxygen atoms in total. The molecule has 0 radical (unpaired) electrons. The van der Waals surface area contributed by atoms with E-state index in [1.54, 1.807) is 0 Å². The van der Waals surface area contributed by atoms with Crippen molar-refractivity contribution in [2.75, 3.05) is 0 Å². The molecular formula is C16H29Al. The van der Waals surface area contributed by atoms with Gasteiger partial charge in [0.2, 0.25) is 0 Å². The monoisotopic (exact) mass is 248 g/mol. The Bertz CT molecular complexity index is 269. The Kier molecular flexibility index (Phi) is 8.66. The maximum absolute atomic E-state index is 2.32. The molecule has 0 saturated heterocycles. The highest BCUT2D eigenvalue weighted by molar-refractivity contribution is 6.58. The zero-order valence-corrected chi connectivity index (χ0v) is 14.0. The first-order chi connectivity index (χ1) is 7.96. The molecule has 0 saturated carbocycles. The van der Waals surface area contributed by atoms with E-state index in [9.17, 15) is 0 Å². The summed E-state index contributed by atoms with van der Waals surface area (Å²) in [6.07, 6.45) is 0. The molecule has 1 aromatic rings. The lowest BCUT2D eigenvalue weighted by Gasteiger charge is -2.04. The molecule has 0 atom stereocenters. The summed E-state index contributed by atoms with van der Waals surface area (Å²) in [7, 11) is 0. The molecule has 1 aromatic carbocycles. The molecule has 96 valence electrons. The standard InChI is InChI=1S/C10H14.3C2H5.Al/c1-7-5-9(3)10(4)6-8(7)2;3*1-2;/h5-6H,1-4H3;3*1H2,2H3;. The van der Waals surface area contributed by atoms with Gasteiger partial charge in [-0.1, -0.05) is 48.8 Å². The van der Waals surface area contributed by atoms with Crippen LogP contribution in [0.1, 0.15) is 43.0 Å². The fourth-order valence-corrected chi connectivity index (χ4v) is 3.70. The summed E-state index contributed by atoms with van der Waals surface area (Å²) in [5, 5.41) is 4.48. The fourth-order valence-electron chi connectivity index (χ4n) is 1.97. The van der Waals surface area contributed by atoms with Gasteiger partial charge >= 0.3 is 0 Å². The molecule has 0 amide bonds. The first kappa shape index (κ1) is 16.8. The van der Waals surface area contributed by atoms with Crippen LogP contribution in [0.3, 0.4) is 0 Å². The molecule has 17 heavy (non-hydrogen) atoms. The molecule has 0 N–H and O–H groups in total. The third kappa shape index (κ3) is 6.30. The highest BCUT2D eigenvalue weighted by Crippen LogP contribution is 2.13. The van der Waals surface area contributed by atoms with Crippen molar-refractivity contribution >= 4 is 14.1 Å². The Morgan fingerprint density at radius 3 is 1.00 bits per heavy atom. The number of hydrogen-bond donors (Lipinski definition) is 0. The molecule has 0 aliphatic rings. The Morgan fingerprint density at radius 2 is 0.882 bits per heavy atom.